The van der Waals surface area contributed by atoms with Crippen molar-refractivity contribution >= 4 is 61.5 Å². The van der Waals surface area contributed by atoms with Crippen LogP contribution >= 0.6 is 0 Å². The molecule has 0 unspecified atom stereocenters. The molecule has 3 heterocycles. The Bertz CT molecular complexity index is 3100. The van der Waals surface area contributed by atoms with E-state index >= 15 is 0 Å². The second kappa shape index (κ2) is 14.9. The summed E-state index contributed by atoms with van der Waals surface area (Å²) >= 11 is 0. The van der Waals surface area contributed by atoms with Crippen molar-refractivity contribution in [3.8, 4) is 33.8 Å². The molecule has 0 atom stereocenters. The maximum absolute atomic E-state index is 6.71. The molecule has 1 aromatic heterocycles. The van der Waals surface area contributed by atoms with Gasteiger partial charge in [0.15, 0.2) is 0 Å². The first-order chi connectivity index (χ1) is 28.9. The minimum atomic E-state index is -0.0571. The third-order valence-corrected chi connectivity index (χ3v) is 11.5. The van der Waals surface area contributed by atoms with Crippen molar-refractivity contribution in [2.24, 2.45) is 0 Å². The summed E-state index contributed by atoms with van der Waals surface area (Å²) in [6, 6.07) is 67.0. The van der Waals surface area contributed by atoms with Crippen LogP contribution in [0.2, 0.25) is 0 Å². The summed E-state index contributed by atoms with van der Waals surface area (Å²) in [5.74, 6) is 2.00. The van der Waals surface area contributed by atoms with Gasteiger partial charge in [-0.05, 0) is 69.1 Å². The van der Waals surface area contributed by atoms with Crippen LogP contribution in [0.25, 0.3) is 43.8 Å². The van der Waals surface area contributed by atoms with Crippen LogP contribution in [0.1, 0.15) is 26.3 Å². The summed E-state index contributed by atoms with van der Waals surface area (Å²) in [6.07, 6.45) is 1.91. The van der Waals surface area contributed by atoms with Gasteiger partial charge in [-0.15, -0.1) is 48.3 Å². The molecule has 0 fully saturated rings. The Morgan fingerprint density at radius 1 is 0.517 bits per heavy atom. The average molecular weight is 955 g/mol. The Hall–Kier alpha value is -6.68. The van der Waals surface area contributed by atoms with E-state index in [0.717, 1.165) is 62.2 Å². The van der Waals surface area contributed by atoms with Crippen molar-refractivity contribution in [2.45, 2.75) is 26.2 Å². The zero-order valence-corrected chi connectivity index (χ0v) is 35.6. The fourth-order valence-corrected chi connectivity index (χ4v) is 8.62. The monoisotopic (exact) mass is 954 g/mol. The molecule has 9 aromatic rings. The Labute approximate surface area is 365 Å². The minimum Gasteiger partial charge on any atom is -0.509 e. The quantitative estimate of drug-likeness (QED) is 0.127. The van der Waals surface area contributed by atoms with Crippen molar-refractivity contribution < 1.29 is 25.8 Å². The number of fused-ring (bicyclic) bond motifs is 9. The third-order valence-electron chi connectivity index (χ3n) is 11.5. The number of rotatable bonds is 5. The molecule has 0 saturated heterocycles. The Balaban J connectivity index is 0.00000433. The number of ether oxygens (including phenoxy) is 1. The fraction of sp³-hybridized carbons (Fsp3) is 0.0741. The first-order valence-electron chi connectivity index (χ1n) is 20.0. The molecule has 8 aromatic carbocycles. The zero-order valence-electron chi connectivity index (χ0n) is 33.3. The van der Waals surface area contributed by atoms with E-state index in [1.54, 1.807) is 0 Å². The molecule has 0 N–H and O–H groups in total. The molecule has 0 bridgehead atoms. The zero-order chi connectivity index (χ0) is 39.7. The van der Waals surface area contributed by atoms with Crippen LogP contribution in [-0.2, 0) is 26.5 Å². The standard InChI is InChI=1S/C54H39N4O.Pt/c1-54(2,3)37-30-31-55-53(32-37)58-49-22-9-8-20-45(49)43-18-6-7-19-44(43)47-29-27-40(34-52(47)58)59-39-16-12-15-38(33-39)56-35-57(51-24-11-10-23-50(51)56)48-25-13-21-42-41-17-5-4-14-36(41)26-28-46(42)48;/h4-32,35H,1-3H3;/q-3;. The fourth-order valence-electron chi connectivity index (χ4n) is 8.62. The van der Waals surface area contributed by atoms with E-state index in [4.69, 9.17) is 9.72 Å². The van der Waals surface area contributed by atoms with Gasteiger partial charge in [-0.25, -0.2) is 4.98 Å². The van der Waals surface area contributed by atoms with E-state index in [0.29, 0.717) is 11.5 Å². The largest absolute Gasteiger partial charge is 0.509 e. The van der Waals surface area contributed by atoms with Gasteiger partial charge in [-0.3, -0.25) is 0 Å². The number of anilines is 7. The first kappa shape index (κ1) is 37.6. The molecule has 0 spiro atoms. The number of benzene rings is 8. The van der Waals surface area contributed by atoms with Crippen molar-refractivity contribution in [1.82, 2.24) is 4.98 Å². The molecule has 6 heteroatoms. The third kappa shape index (κ3) is 6.33. The number of aromatic nitrogens is 1. The summed E-state index contributed by atoms with van der Waals surface area (Å²) in [5.41, 5.74) is 11.7. The Morgan fingerprint density at radius 3 is 1.98 bits per heavy atom. The summed E-state index contributed by atoms with van der Waals surface area (Å²) in [5, 5.41) is 4.90. The second-order valence-corrected chi connectivity index (χ2v) is 16.1. The number of hydrogen-bond donors (Lipinski definition) is 0. The molecule has 0 saturated carbocycles. The normalized spacial score (nSPS) is 12.9. The van der Waals surface area contributed by atoms with Gasteiger partial charge in [-0.1, -0.05) is 135 Å². The number of pyridine rings is 1. The van der Waals surface area contributed by atoms with Crippen molar-refractivity contribution in [2.75, 3.05) is 14.7 Å². The van der Waals surface area contributed by atoms with E-state index in [1.165, 1.54) is 27.1 Å². The minimum absolute atomic E-state index is 0. The predicted molar refractivity (Wildman–Crippen MR) is 243 cm³/mol. The number of hydrogen-bond acceptors (Lipinski definition) is 5. The summed E-state index contributed by atoms with van der Waals surface area (Å²) in [6.45, 7) is 8.85. The van der Waals surface area contributed by atoms with Gasteiger partial charge in [-0.2, -0.15) is 12.1 Å². The maximum Gasteiger partial charge on any atom is 0.135 e. The molecular formula is C54H39N4OPt-3. The van der Waals surface area contributed by atoms with Gasteiger partial charge < -0.3 is 19.4 Å². The molecule has 294 valence electrons. The SMILES string of the molecule is CC(C)(C)c1ccnc(N2c3[c-]c(Oc4[c-]c(N5[CH-]N(c6cccc7c6ccc6ccccc67)c6ccccc65)ccc4)ccc3-c3ccccc3-c3ccccc32)c1.[Pt]. The topological polar surface area (TPSA) is 31.8 Å². The second-order valence-electron chi connectivity index (χ2n) is 16.1. The molecule has 0 aliphatic carbocycles. The molecular weight excluding hydrogens is 916 g/mol. The van der Waals surface area contributed by atoms with Gasteiger partial charge in [0.2, 0.25) is 0 Å². The molecule has 0 amide bonds. The maximum atomic E-state index is 6.71. The first-order valence-corrected chi connectivity index (χ1v) is 20.0. The Morgan fingerprint density at radius 2 is 1.17 bits per heavy atom. The van der Waals surface area contributed by atoms with Gasteiger partial charge in [0.1, 0.15) is 5.82 Å². The van der Waals surface area contributed by atoms with Gasteiger partial charge >= 0.3 is 0 Å². The number of para-hydroxylation sites is 3. The van der Waals surface area contributed by atoms with Crippen LogP contribution in [0, 0.1) is 18.8 Å². The van der Waals surface area contributed by atoms with Crippen molar-refractivity contribution in [3.63, 3.8) is 0 Å². The van der Waals surface area contributed by atoms with E-state index in [-0.39, 0.29) is 26.5 Å². The van der Waals surface area contributed by atoms with Gasteiger partial charge in [0, 0.05) is 66.8 Å². The van der Waals surface area contributed by atoms with Crippen LogP contribution in [0.4, 0.5) is 39.9 Å². The summed E-state index contributed by atoms with van der Waals surface area (Å²) in [7, 11) is 0. The van der Waals surface area contributed by atoms with Crippen LogP contribution in [0.5, 0.6) is 11.5 Å². The summed E-state index contributed by atoms with van der Waals surface area (Å²) < 4.78 is 6.71. The average Bonchev–Trinajstić information content (AvgIpc) is 3.61. The van der Waals surface area contributed by atoms with E-state index < -0.39 is 0 Å². The smallest absolute Gasteiger partial charge is 0.135 e. The summed E-state index contributed by atoms with van der Waals surface area (Å²) in [4.78, 5) is 11.7. The van der Waals surface area contributed by atoms with Crippen LogP contribution < -0.4 is 19.4 Å². The van der Waals surface area contributed by atoms with E-state index in [9.17, 15) is 0 Å². The van der Waals surface area contributed by atoms with Gasteiger partial charge in [0.05, 0.1) is 5.69 Å². The molecule has 11 rings (SSSR count). The van der Waals surface area contributed by atoms with Crippen molar-refractivity contribution in [3.05, 3.63) is 200 Å². The molecule has 60 heavy (non-hydrogen) atoms. The van der Waals surface area contributed by atoms with Gasteiger partial charge in [0.25, 0.3) is 0 Å². The number of nitrogens with zero attached hydrogens (tertiary/aromatic N) is 4. The van der Waals surface area contributed by atoms with Crippen LogP contribution in [-0.4, -0.2) is 4.98 Å². The van der Waals surface area contributed by atoms with Crippen LogP contribution in [0.3, 0.4) is 0 Å². The van der Waals surface area contributed by atoms with E-state index in [1.807, 2.05) is 24.4 Å². The molecule has 2 aliphatic rings. The molecule has 5 nitrogen and oxygen atoms in total. The predicted octanol–water partition coefficient (Wildman–Crippen LogP) is 14.6. The molecule has 2 aliphatic heterocycles. The van der Waals surface area contributed by atoms with E-state index in [2.05, 4.69) is 206 Å². The van der Waals surface area contributed by atoms with Crippen molar-refractivity contribution in [1.29, 1.82) is 0 Å². The molecule has 0 radical (unpaired) electrons. The Kier molecular flexibility index (Phi) is 9.30. The van der Waals surface area contributed by atoms with Crippen LogP contribution in [0.15, 0.2) is 176 Å².